The normalized spacial score (nSPS) is 12.3. The van der Waals surface area contributed by atoms with Gasteiger partial charge in [-0.1, -0.05) is 17.3 Å². The molecule has 0 aliphatic rings. The van der Waals surface area contributed by atoms with Gasteiger partial charge in [0.05, 0.1) is 0 Å². The van der Waals surface area contributed by atoms with Crippen LogP contribution >= 0.6 is 0 Å². The Kier molecular flexibility index (Phi) is 3.79. The fourth-order valence-corrected chi connectivity index (χ4v) is 1.12. The summed E-state index contributed by atoms with van der Waals surface area (Å²) in [5.41, 5.74) is 12.2. The van der Waals surface area contributed by atoms with Gasteiger partial charge in [0.25, 0.3) is 0 Å². The minimum Gasteiger partial charge on any atom is -0.398 e. The Morgan fingerprint density at radius 2 is 2.00 bits per heavy atom. The second-order valence-electron chi connectivity index (χ2n) is 3.37. The van der Waals surface area contributed by atoms with Crippen LogP contribution < -0.4 is 11.5 Å². The van der Waals surface area contributed by atoms with Crippen LogP contribution in [0.3, 0.4) is 0 Å². The highest BCUT2D eigenvalue weighted by Crippen LogP contribution is 2.18. The highest BCUT2D eigenvalue weighted by atomic mass is 19.4. The number of alkyl halides is 3. The highest BCUT2D eigenvalue weighted by Gasteiger charge is 2.41. The molecular formula is C10H10F3N3O2. The number of anilines is 1. The van der Waals surface area contributed by atoms with Crippen LogP contribution in [0.4, 0.5) is 18.9 Å². The molecule has 4 N–H and O–H groups in total. The van der Waals surface area contributed by atoms with Gasteiger partial charge < -0.3 is 16.3 Å². The van der Waals surface area contributed by atoms with Gasteiger partial charge in [-0.25, -0.2) is 4.79 Å². The molecule has 0 aliphatic heterocycles. The summed E-state index contributed by atoms with van der Waals surface area (Å²) in [7, 11) is 0. The Bertz CT molecular complexity index is 498. The molecule has 0 unspecified atom stereocenters. The van der Waals surface area contributed by atoms with Crippen LogP contribution in [-0.2, 0) is 9.63 Å². The van der Waals surface area contributed by atoms with Crippen molar-refractivity contribution in [2.75, 3.05) is 5.73 Å². The Hall–Kier alpha value is -2.25. The lowest BCUT2D eigenvalue weighted by molar-refractivity contribution is -0.199. The number of hydrogen-bond acceptors (Lipinski definition) is 4. The second-order valence-corrected chi connectivity index (χ2v) is 3.37. The van der Waals surface area contributed by atoms with Crippen LogP contribution in [0.5, 0.6) is 0 Å². The van der Waals surface area contributed by atoms with E-state index in [1.165, 1.54) is 6.07 Å². The zero-order valence-electron chi connectivity index (χ0n) is 9.28. The fourth-order valence-electron chi connectivity index (χ4n) is 1.12. The van der Waals surface area contributed by atoms with Gasteiger partial charge in [0.2, 0.25) is 0 Å². The molecule has 1 rings (SSSR count). The van der Waals surface area contributed by atoms with E-state index < -0.39 is 12.1 Å². The molecule has 1 aromatic rings. The first-order valence-corrected chi connectivity index (χ1v) is 4.70. The third kappa shape index (κ3) is 3.12. The quantitative estimate of drug-likeness (QED) is 0.276. The lowest BCUT2D eigenvalue weighted by Gasteiger charge is -2.07. The van der Waals surface area contributed by atoms with Gasteiger partial charge >= 0.3 is 12.1 Å². The van der Waals surface area contributed by atoms with E-state index in [9.17, 15) is 18.0 Å². The molecule has 0 aliphatic carbocycles. The maximum atomic E-state index is 11.8. The lowest BCUT2D eigenvalue weighted by Crippen LogP contribution is -2.25. The molecule has 0 radical (unpaired) electrons. The van der Waals surface area contributed by atoms with Gasteiger partial charge in [-0.3, -0.25) is 0 Å². The summed E-state index contributed by atoms with van der Waals surface area (Å²) in [6.45, 7) is 1.61. The zero-order chi connectivity index (χ0) is 13.9. The van der Waals surface area contributed by atoms with Crippen molar-refractivity contribution >= 4 is 17.5 Å². The van der Waals surface area contributed by atoms with Crippen LogP contribution in [0.25, 0.3) is 0 Å². The van der Waals surface area contributed by atoms with E-state index in [4.69, 9.17) is 11.5 Å². The molecule has 1 aromatic carbocycles. The number of carbonyl (C=O) groups excluding carboxylic acids is 1. The molecule has 0 bridgehead atoms. The number of nitrogens with two attached hydrogens (primary N) is 2. The number of oxime groups is 1. The average molecular weight is 261 g/mol. The van der Waals surface area contributed by atoms with E-state index >= 15 is 0 Å². The number of nitrogens with zero attached hydrogens (tertiary/aromatic N) is 1. The molecule has 0 saturated heterocycles. The third-order valence-corrected chi connectivity index (χ3v) is 2.11. The molecular weight excluding hydrogens is 251 g/mol. The Morgan fingerprint density at radius 1 is 1.39 bits per heavy atom. The molecule has 8 heteroatoms. The molecule has 5 nitrogen and oxygen atoms in total. The largest absolute Gasteiger partial charge is 0.493 e. The summed E-state index contributed by atoms with van der Waals surface area (Å²) < 4.78 is 35.5. The van der Waals surface area contributed by atoms with Gasteiger partial charge in [-0.15, -0.1) is 0 Å². The van der Waals surface area contributed by atoms with Gasteiger partial charge in [0.1, 0.15) is 0 Å². The van der Waals surface area contributed by atoms with Gasteiger partial charge in [-0.05, 0) is 18.6 Å². The average Bonchev–Trinajstić information content (AvgIpc) is 2.27. The topological polar surface area (TPSA) is 90.7 Å². The zero-order valence-corrected chi connectivity index (χ0v) is 9.28. The molecule has 0 atom stereocenters. The Labute approximate surface area is 100 Å². The molecule has 98 valence electrons. The van der Waals surface area contributed by atoms with Crippen molar-refractivity contribution in [3.05, 3.63) is 29.3 Å². The summed E-state index contributed by atoms with van der Waals surface area (Å²) in [5, 5.41) is 2.93. The minimum atomic E-state index is -5.12. The summed E-state index contributed by atoms with van der Waals surface area (Å²) >= 11 is 0. The maximum Gasteiger partial charge on any atom is 0.493 e. The van der Waals surface area contributed by atoms with Crippen molar-refractivity contribution in [2.45, 2.75) is 13.1 Å². The monoisotopic (exact) mass is 261 g/mol. The van der Waals surface area contributed by atoms with E-state index in [1.807, 2.05) is 0 Å². The summed E-state index contributed by atoms with van der Waals surface area (Å²) in [4.78, 5) is 14.1. The lowest BCUT2D eigenvalue weighted by atomic mass is 10.1. The van der Waals surface area contributed by atoms with E-state index in [0.29, 0.717) is 16.8 Å². The molecule has 18 heavy (non-hydrogen) atoms. The summed E-state index contributed by atoms with van der Waals surface area (Å²) in [6.07, 6.45) is -5.12. The SMILES string of the molecule is Cc1c(N)cccc1/C(N)=N/OC(=O)C(F)(F)F. The molecule has 0 saturated carbocycles. The van der Waals surface area contributed by atoms with Crippen molar-refractivity contribution < 1.29 is 22.8 Å². The van der Waals surface area contributed by atoms with Crippen LogP contribution in [0.2, 0.25) is 0 Å². The van der Waals surface area contributed by atoms with Crippen LogP contribution in [0.15, 0.2) is 23.4 Å². The van der Waals surface area contributed by atoms with Gasteiger partial charge in [0.15, 0.2) is 5.84 Å². The number of nitrogen functional groups attached to an aromatic ring is 1. The van der Waals surface area contributed by atoms with Crippen molar-refractivity contribution in [3.8, 4) is 0 Å². The number of amidine groups is 1. The smallest absolute Gasteiger partial charge is 0.398 e. The molecule has 0 aromatic heterocycles. The van der Waals surface area contributed by atoms with E-state index in [-0.39, 0.29) is 5.84 Å². The van der Waals surface area contributed by atoms with Gasteiger partial charge in [0, 0.05) is 11.3 Å². The molecule has 0 heterocycles. The predicted molar refractivity (Wildman–Crippen MR) is 58.5 cm³/mol. The summed E-state index contributed by atoms with van der Waals surface area (Å²) in [5.74, 6) is -2.80. The van der Waals surface area contributed by atoms with Crippen molar-refractivity contribution in [1.82, 2.24) is 0 Å². The number of halogens is 3. The number of benzene rings is 1. The van der Waals surface area contributed by atoms with Crippen LogP contribution in [0.1, 0.15) is 11.1 Å². The van der Waals surface area contributed by atoms with Crippen molar-refractivity contribution in [3.63, 3.8) is 0 Å². The van der Waals surface area contributed by atoms with E-state index in [1.54, 1.807) is 19.1 Å². The Morgan fingerprint density at radius 3 is 2.56 bits per heavy atom. The maximum absolute atomic E-state index is 11.8. The van der Waals surface area contributed by atoms with Crippen molar-refractivity contribution in [1.29, 1.82) is 0 Å². The first-order valence-electron chi connectivity index (χ1n) is 4.70. The number of carbonyl (C=O) groups is 1. The minimum absolute atomic E-state index is 0.296. The van der Waals surface area contributed by atoms with E-state index in [2.05, 4.69) is 9.99 Å². The first-order chi connectivity index (χ1) is 8.23. The Balaban J connectivity index is 2.91. The standard InChI is InChI=1S/C10H10F3N3O2/c1-5-6(3-2-4-7(5)14)8(15)16-18-9(17)10(11,12)13/h2-4H,14H2,1H3,(H2,15,16). The first kappa shape index (κ1) is 13.8. The highest BCUT2D eigenvalue weighted by molar-refractivity contribution is 5.99. The third-order valence-electron chi connectivity index (χ3n) is 2.11. The number of rotatable bonds is 2. The molecule has 0 spiro atoms. The van der Waals surface area contributed by atoms with E-state index in [0.717, 1.165) is 0 Å². The van der Waals surface area contributed by atoms with Gasteiger partial charge in [-0.2, -0.15) is 13.2 Å². The molecule has 0 fully saturated rings. The van der Waals surface area contributed by atoms with Crippen LogP contribution in [0, 0.1) is 6.92 Å². The number of hydrogen-bond donors (Lipinski definition) is 2. The van der Waals surface area contributed by atoms with Crippen molar-refractivity contribution in [2.24, 2.45) is 10.9 Å². The summed E-state index contributed by atoms with van der Waals surface area (Å²) in [6, 6.07) is 4.63. The van der Waals surface area contributed by atoms with Crippen LogP contribution in [-0.4, -0.2) is 18.0 Å². The predicted octanol–water partition coefficient (Wildman–Crippen LogP) is 1.30. The second kappa shape index (κ2) is 4.94. The fraction of sp³-hybridized carbons (Fsp3) is 0.200. The molecule has 0 amide bonds.